The molecule has 0 fully saturated rings. The molecule has 3 aromatic heterocycles. The summed E-state index contributed by atoms with van der Waals surface area (Å²) in [5, 5.41) is 6.65. The molecule has 0 unspecified atom stereocenters. The average molecular weight is 403 g/mol. The molecule has 3 heterocycles. The molecule has 0 aliphatic rings. The number of nitrogens with one attached hydrogen (secondary N) is 1. The van der Waals surface area contributed by atoms with Crippen molar-refractivity contribution in [3.8, 4) is 10.4 Å². The molecular formula is C18H12F3N5OS. The van der Waals surface area contributed by atoms with E-state index in [4.69, 9.17) is 0 Å². The number of carbonyl (C=O) groups is 1. The topological polar surface area (TPSA) is 72.7 Å². The zero-order valence-corrected chi connectivity index (χ0v) is 15.2. The average Bonchev–Trinajstić information content (AvgIpc) is 3.31. The first-order chi connectivity index (χ1) is 13.3. The lowest BCUT2D eigenvalue weighted by Crippen LogP contribution is -2.14. The summed E-state index contributed by atoms with van der Waals surface area (Å²) >= 11 is 1.50. The number of aryl methyl sites for hydroxylation is 1. The van der Waals surface area contributed by atoms with E-state index in [9.17, 15) is 18.0 Å². The summed E-state index contributed by atoms with van der Waals surface area (Å²) in [5.41, 5.74) is 2.46. The predicted octanol–water partition coefficient (Wildman–Crippen LogP) is 4.36. The van der Waals surface area contributed by atoms with Gasteiger partial charge in [0.15, 0.2) is 5.69 Å². The highest BCUT2D eigenvalue weighted by molar-refractivity contribution is 7.13. The number of pyridine rings is 1. The third-order valence-corrected chi connectivity index (χ3v) is 4.90. The van der Waals surface area contributed by atoms with Crippen molar-refractivity contribution in [1.82, 2.24) is 19.7 Å². The second-order valence-electron chi connectivity index (χ2n) is 5.99. The van der Waals surface area contributed by atoms with Gasteiger partial charge in [-0.3, -0.25) is 19.4 Å². The van der Waals surface area contributed by atoms with E-state index in [-0.39, 0.29) is 11.4 Å². The first-order valence-electron chi connectivity index (χ1n) is 8.02. The van der Waals surface area contributed by atoms with Gasteiger partial charge in [0, 0.05) is 42.0 Å². The van der Waals surface area contributed by atoms with Crippen LogP contribution >= 0.6 is 11.3 Å². The van der Waals surface area contributed by atoms with E-state index in [2.05, 4.69) is 20.4 Å². The molecule has 0 radical (unpaired) electrons. The van der Waals surface area contributed by atoms with Gasteiger partial charge in [-0.15, -0.1) is 11.3 Å². The largest absolute Gasteiger partial charge is 0.435 e. The Hall–Kier alpha value is -3.27. The zero-order chi connectivity index (χ0) is 19.9. The highest BCUT2D eigenvalue weighted by atomic mass is 32.1. The summed E-state index contributed by atoms with van der Waals surface area (Å²) in [6.45, 7) is 0. The van der Waals surface area contributed by atoms with Gasteiger partial charge in [-0.2, -0.15) is 18.3 Å². The molecule has 6 nitrogen and oxygen atoms in total. The normalized spacial score (nSPS) is 11.7. The van der Waals surface area contributed by atoms with E-state index in [0.29, 0.717) is 5.52 Å². The molecule has 10 heteroatoms. The van der Waals surface area contributed by atoms with Crippen molar-refractivity contribution in [2.75, 3.05) is 5.32 Å². The van der Waals surface area contributed by atoms with Gasteiger partial charge in [-0.25, -0.2) is 0 Å². The second kappa shape index (κ2) is 6.71. The van der Waals surface area contributed by atoms with Crippen molar-refractivity contribution in [3.63, 3.8) is 0 Å². The molecule has 0 bridgehead atoms. The third kappa shape index (κ3) is 3.46. The Morgan fingerprint density at radius 1 is 1.18 bits per heavy atom. The van der Waals surface area contributed by atoms with Crippen LogP contribution in [0.2, 0.25) is 0 Å². The van der Waals surface area contributed by atoms with Gasteiger partial charge in [0.1, 0.15) is 5.82 Å². The summed E-state index contributed by atoms with van der Waals surface area (Å²) < 4.78 is 39.2. The van der Waals surface area contributed by atoms with Crippen LogP contribution in [0, 0.1) is 0 Å². The molecule has 1 N–H and O–H groups in total. The van der Waals surface area contributed by atoms with E-state index < -0.39 is 17.8 Å². The van der Waals surface area contributed by atoms with Crippen LogP contribution in [-0.4, -0.2) is 25.7 Å². The number of nitrogens with zero attached hydrogens (tertiary/aromatic N) is 4. The van der Waals surface area contributed by atoms with Crippen molar-refractivity contribution >= 4 is 34.0 Å². The zero-order valence-electron chi connectivity index (χ0n) is 14.4. The van der Waals surface area contributed by atoms with Crippen LogP contribution in [0.25, 0.3) is 21.3 Å². The number of fused-ring (bicyclic) bond motifs is 1. The minimum atomic E-state index is -4.58. The fourth-order valence-corrected chi connectivity index (χ4v) is 3.27. The highest BCUT2D eigenvalue weighted by Crippen LogP contribution is 2.30. The number of benzene rings is 1. The minimum Gasteiger partial charge on any atom is -0.307 e. The Balaban J connectivity index is 1.60. The second-order valence-corrected chi connectivity index (χ2v) is 6.87. The predicted molar refractivity (Wildman–Crippen MR) is 99.0 cm³/mol. The van der Waals surface area contributed by atoms with Gasteiger partial charge in [0.25, 0.3) is 5.91 Å². The molecule has 142 valence electrons. The Bertz CT molecular complexity index is 1170. The van der Waals surface area contributed by atoms with Crippen LogP contribution in [0.5, 0.6) is 0 Å². The standard InChI is InChI=1S/C18H12F3N5OS/c1-26-16(6-15(25-26)18(19,20)21)24-17(27)11-3-2-10-4-12(7-23-13(10)5-11)14-8-22-9-28-14/h2-9H,1H3,(H,24,27). The molecule has 0 spiro atoms. The Labute approximate surface area is 160 Å². The number of alkyl halides is 3. The van der Waals surface area contributed by atoms with Crippen molar-refractivity contribution < 1.29 is 18.0 Å². The molecule has 4 aromatic rings. The number of hydrogen-bond donors (Lipinski definition) is 1. The van der Waals surface area contributed by atoms with Crippen molar-refractivity contribution in [1.29, 1.82) is 0 Å². The summed E-state index contributed by atoms with van der Waals surface area (Å²) in [6, 6.07) is 7.65. The lowest BCUT2D eigenvalue weighted by molar-refractivity contribution is -0.141. The van der Waals surface area contributed by atoms with E-state index in [1.807, 2.05) is 6.07 Å². The molecule has 28 heavy (non-hydrogen) atoms. The maximum absolute atomic E-state index is 12.8. The van der Waals surface area contributed by atoms with Crippen molar-refractivity contribution in [2.45, 2.75) is 6.18 Å². The molecule has 1 amide bonds. The van der Waals surface area contributed by atoms with Crippen LogP contribution in [-0.2, 0) is 13.2 Å². The van der Waals surface area contributed by atoms with E-state index >= 15 is 0 Å². The lowest BCUT2D eigenvalue weighted by atomic mass is 10.1. The van der Waals surface area contributed by atoms with Gasteiger partial charge in [0.2, 0.25) is 0 Å². The molecule has 0 aliphatic heterocycles. The molecule has 0 aliphatic carbocycles. The van der Waals surface area contributed by atoms with Crippen LogP contribution < -0.4 is 5.32 Å². The van der Waals surface area contributed by atoms with Crippen LogP contribution in [0.15, 0.2) is 48.2 Å². The van der Waals surface area contributed by atoms with Gasteiger partial charge < -0.3 is 5.32 Å². The van der Waals surface area contributed by atoms with Crippen LogP contribution in [0.4, 0.5) is 19.0 Å². The van der Waals surface area contributed by atoms with Crippen molar-refractivity contribution in [3.05, 3.63) is 59.5 Å². The fraction of sp³-hybridized carbons (Fsp3) is 0.111. The van der Waals surface area contributed by atoms with Crippen LogP contribution in [0.3, 0.4) is 0 Å². The number of thiazole rings is 1. The van der Waals surface area contributed by atoms with Crippen LogP contribution in [0.1, 0.15) is 16.1 Å². The summed E-state index contributed by atoms with van der Waals surface area (Å²) in [4.78, 5) is 21.8. The summed E-state index contributed by atoms with van der Waals surface area (Å²) in [5.74, 6) is -0.599. The van der Waals surface area contributed by atoms with Crippen molar-refractivity contribution in [2.24, 2.45) is 7.05 Å². The minimum absolute atomic E-state index is 0.0501. The Morgan fingerprint density at radius 3 is 2.68 bits per heavy atom. The number of aromatic nitrogens is 4. The van der Waals surface area contributed by atoms with E-state index in [0.717, 1.165) is 26.6 Å². The first kappa shape index (κ1) is 18.1. The third-order valence-electron chi connectivity index (χ3n) is 4.08. The maximum Gasteiger partial charge on any atom is 0.435 e. The van der Waals surface area contributed by atoms with Gasteiger partial charge >= 0.3 is 6.18 Å². The monoisotopic (exact) mass is 403 g/mol. The molecule has 0 atom stereocenters. The van der Waals surface area contributed by atoms with Gasteiger partial charge in [-0.05, 0) is 18.2 Å². The number of rotatable bonds is 3. The molecule has 0 saturated carbocycles. The number of amides is 1. The summed E-state index contributed by atoms with van der Waals surface area (Å²) in [6.07, 6.45) is -1.14. The Kier molecular flexibility index (Phi) is 4.34. The fourth-order valence-electron chi connectivity index (χ4n) is 2.67. The molecular weight excluding hydrogens is 391 g/mol. The smallest absolute Gasteiger partial charge is 0.307 e. The molecule has 1 aromatic carbocycles. The number of hydrogen-bond acceptors (Lipinski definition) is 5. The maximum atomic E-state index is 12.8. The van der Waals surface area contributed by atoms with Gasteiger partial charge in [-0.1, -0.05) is 6.07 Å². The number of carbonyl (C=O) groups excluding carboxylic acids is 1. The van der Waals surface area contributed by atoms with Gasteiger partial charge in [0.05, 0.1) is 15.9 Å². The molecule has 4 rings (SSSR count). The molecule has 0 saturated heterocycles. The summed E-state index contributed by atoms with van der Waals surface area (Å²) in [7, 11) is 1.33. The number of anilines is 1. The highest BCUT2D eigenvalue weighted by Gasteiger charge is 2.34. The van der Waals surface area contributed by atoms with E-state index in [1.54, 1.807) is 36.1 Å². The quantitative estimate of drug-likeness (QED) is 0.552. The Morgan fingerprint density at radius 2 is 2.00 bits per heavy atom. The number of halogens is 3. The SMILES string of the molecule is Cn1nc(C(F)(F)F)cc1NC(=O)c1ccc2cc(-c3cncs3)cnc2c1. The van der Waals surface area contributed by atoms with E-state index in [1.165, 1.54) is 18.4 Å². The lowest BCUT2D eigenvalue weighted by Gasteiger charge is -2.07. The first-order valence-corrected chi connectivity index (χ1v) is 8.90.